The second-order valence-electron chi connectivity index (χ2n) is 8.74. The fourth-order valence-electron chi connectivity index (χ4n) is 4.14. The first kappa shape index (κ1) is 24.8. The third kappa shape index (κ3) is 5.54. The highest BCUT2D eigenvalue weighted by atomic mass is 35.5. The van der Waals surface area contributed by atoms with Gasteiger partial charge in [0.05, 0.1) is 17.8 Å². The van der Waals surface area contributed by atoms with Crippen molar-refractivity contribution in [3.63, 3.8) is 0 Å². The molecule has 10 nitrogen and oxygen atoms in total. The van der Waals surface area contributed by atoms with Crippen molar-refractivity contribution in [3.8, 4) is 22.8 Å². The van der Waals surface area contributed by atoms with E-state index in [0.29, 0.717) is 32.7 Å². The molecule has 0 fully saturated rings. The van der Waals surface area contributed by atoms with Crippen molar-refractivity contribution in [1.82, 2.24) is 24.9 Å². The van der Waals surface area contributed by atoms with Crippen LogP contribution in [0.1, 0.15) is 5.01 Å². The van der Waals surface area contributed by atoms with Crippen molar-refractivity contribution >= 4 is 51.5 Å². The summed E-state index contributed by atoms with van der Waals surface area (Å²) in [5, 5.41) is 14.3. The zero-order valence-corrected chi connectivity index (χ0v) is 22.0. The Bertz CT molecular complexity index is 1670. The molecule has 2 aromatic heterocycles. The van der Waals surface area contributed by atoms with E-state index in [1.165, 1.54) is 20.9 Å². The van der Waals surface area contributed by atoms with Crippen LogP contribution in [0.15, 0.2) is 72.1 Å². The molecule has 196 valence electrons. The van der Waals surface area contributed by atoms with Gasteiger partial charge in [0.2, 0.25) is 18.6 Å². The SMILES string of the molecule is O=C(CN(Cc1nc(-c2ccc(Cl)cc2)cs1)C(=O)Cn1nnc2ccccc21)Nc1ccc2c(c1)OCO2. The van der Waals surface area contributed by atoms with Crippen molar-refractivity contribution in [2.45, 2.75) is 13.1 Å². The van der Waals surface area contributed by atoms with Crippen LogP contribution in [0.5, 0.6) is 11.5 Å². The van der Waals surface area contributed by atoms with Crippen molar-refractivity contribution < 1.29 is 19.1 Å². The van der Waals surface area contributed by atoms with Crippen molar-refractivity contribution in [2.75, 3.05) is 18.7 Å². The standard InChI is InChI=1S/C27H21ClN6O4S/c28-18-7-5-17(6-8-18)21-15-39-26(30-21)13-33(27(36)14-34-22-4-2-1-3-20(22)31-32-34)12-25(35)29-19-9-10-23-24(11-19)38-16-37-23/h1-11,15H,12-14,16H2,(H,29,35). The summed E-state index contributed by atoms with van der Waals surface area (Å²) in [4.78, 5) is 32.7. The van der Waals surface area contributed by atoms with Crippen LogP contribution in [0.3, 0.4) is 0 Å². The first-order chi connectivity index (χ1) is 19.0. The Balaban J connectivity index is 1.21. The van der Waals surface area contributed by atoms with Crippen LogP contribution < -0.4 is 14.8 Å². The highest BCUT2D eigenvalue weighted by molar-refractivity contribution is 7.09. The van der Waals surface area contributed by atoms with E-state index in [2.05, 4.69) is 15.6 Å². The minimum Gasteiger partial charge on any atom is -0.454 e. The first-order valence-corrected chi connectivity index (χ1v) is 13.2. The molecular weight excluding hydrogens is 540 g/mol. The van der Waals surface area contributed by atoms with Crippen LogP contribution in [-0.2, 0) is 22.7 Å². The van der Waals surface area contributed by atoms with E-state index in [1.54, 1.807) is 30.3 Å². The lowest BCUT2D eigenvalue weighted by atomic mass is 10.2. The van der Waals surface area contributed by atoms with E-state index in [9.17, 15) is 9.59 Å². The fraction of sp³-hybridized carbons (Fsp3) is 0.148. The van der Waals surface area contributed by atoms with Gasteiger partial charge in [0.1, 0.15) is 23.6 Å². The third-order valence-electron chi connectivity index (χ3n) is 6.07. The molecule has 3 aromatic carbocycles. The highest BCUT2D eigenvalue weighted by Crippen LogP contribution is 2.34. The Morgan fingerprint density at radius 1 is 1.05 bits per heavy atom. The lowest BCUT2D eigenvalue weighted by molar-refractivity contribution is -0.136. The predicted octanol–water partition coefficient (Wildman–Crippen LogP) is 4.60. The molecule has 0 bridgehead atoms. The molecule has 0 atom stereocenters. The van der Waals surface area contributed by atoms with Crippen LogP contribution in [0.25, 0.3) is 22.3 Å². The molecule has 0 unspecified atom stereocenters. The normalized spacial score (nSPS) is 12.0. The first-order valence-electron chi connectivity index (χ1n) is 12.0. The van der Waals surface area contributed by atoms with Crippen LogP contribution in [0.2, 0.25) is 5.02 Å². The summed E-state index contributed by atoms with van der Waals surface area (Å²) in [5.74, 6) is 0.510. The van der Waals surface area contributed by atoms with E-state index in [0.717, 1.165) is 16.8 Å². The number of anilines is 1. The largest absolute Gasteiger partial charge is 0.454 e. The summed E-state index contributed by atoms with van der Waals surface area (Å²) in [6, 6.07) is 19.9. The Morgan fingerprint density at radius 2 is 1.87 bits per heavy atom. The number of hydrogen-bond acceptors (Lipinski definition) is 8. The van der Waals surface area contributed by atoms with Crippen LogP contribution in [0, 0.1) is 0 Å². The minimum absolute atomic E-state index is 0.0762. The monoisotopic (exact) mass is 560 g/mol. The minimum atomic E-state index is -0.361. The van der Waals surface area contributed by atoms with E-state index in [-0.39, 0.29) is 38.2 Å². The molecule has 0 saturated carbocycles. The number of aromatic nitrogens is 4. The molecule has 3 heterocycles. The van der Waals surface area contributed by atoms with Gasteiger partial charge in [-0.3, -0.25) is 9.59 Å². The van der Waals surface area contributed by atoms with Gasteiger partial charge in [-0.25, -0.2) is 9.67 Å². The van der Waals surface area contributed by atoms with Crippen molar-refractivity contribution in [1.29, 1.82) is 0 Å². The van der Waals surface area contributed by atoms with Gasteiger partial charge in [-0.2, -0.15) is 0 Å². The third-order valence-corrected chi connectivity index (χ3v) is 7.15. The van der Waals surface area contributed by atoms with E-state index in [4.69, 9.17) is 26.1 Å². The topological polar surface area (TPSA) is 111 Å². The number of carbonyl (C=O) groups excluding carboxylic acids is 2. The van der Waals surface area contributed by atoms with Gasteiger partial charge in [-0.05, 0) is 36.4 Å². The molecule has 0 saturated heterocycles. The molecule has 0 spiro atoms. The number of para-hydroxylation sites is 1. The van der Waals surface area contributed by atoms with E-state index < -0.39 is 0 Å². The zero-order chi connectivity index (χ0) is 26.8. The molecule has 1 N–H and O–H groups in total. The Hall–Kier alpha value is -4.48. The summed E-state index contributed by atoms with van der Waals surface area (Å²) in [6.07, 6.45) is 0. The Labute approximate surface area is 231 Å². The van der Waals surface area contributed by atoms with Crippen LogP contribution >= 0.6 is 22.9 Å². The molecule has 39 heavy (non-hydrogen) atoms. The van der Waals surface area contributed by atoms with Gasteiger partial charge in [-0.1, -0.05) is 41.1 Å². The van der Waals surface area contributed by atoms with Gasteiger partial charge in [0.15, 0.2) is 11.5 Å². The fourth-order valence-corrected chi connectivity index (χ4v) is 5.09. The molecule has 5 aromatic rings. The lowest BCUT2D eigenvalue weighted by Crippen LogP contribution is -2.39. The summed E-state index contributed by atoms with van der Waals surface area (Å²) in [7, 11) is 0. The number of carbonyl (C=O) groups is 2. The number of ether oxygens (including phenoxy) is 2. The summed E-state index contributed by atoms with van der Waals surface area (Å²) < 4.78 is 12.2. The number of amides is 2. The molecule has 6 rings (SSSR count). The molecular formula is C27H21ClN6O4S. The number of hydrogen-bond donors (Lipinski definition) is 1. The maximum Gasteiger partial charge on any atom is 0.245 e. The van der Waals surface area contributed by atoms with Crippen LogP contribution in [-0.4, -0.2) is 50.0 Å². The van der Waals surface area contributed by atoms with E-state index >= 15 is 0 Å². The molecule has 1 aliphatic rings. The summed E-state index contributed by atoms with van der Waals surface area (Å²) in [5.41, 5.74) is 3.64. The molecule has 12 heteroatoms. The number of nitrogens with one attached hydrogen (secondary N) is 1. The quantitative estimate of drug-likeness (QED) is 0.295. The average Bonchev–Trinajstić information content (AvgIpc) is 3.69. The maximum atomic E-state index is 13.5. The van der Waals surface area contributed by atoms with Gasteiger partial charge in [0.25, 0.3) is 0 Å². The molecule has 0 radical (unpaired) electrons. The smallest absolute Gasteiger partial charge is 0.245 e. The molecule has 0 aliphatic carbocycles. The summed E-state index contributed by atoms with van der Waals surface area (Å²) >= 11 is 7.43. The number of benzene rings is 3. The molecule has 2 amide bonds. The van der Waals surface area contributed by atoms with Crippen molar-refractivity contribution in [3.05, 3.63) is 82.1 Å². The Kier molecular flexibility index (Phi) is 6.82. The number of thiazole rings is 1. The second-order valence-corrected chi connectivity index (χ2v) is 10.1. The van der Waals surface area contributed by atoms with Gasteiger partial charge in [-0.15, -0.1) is 16.4 Å². The second kappa shape index (κ2) is 10.7. The maximum absolute atomic E-state index is 13.5. The van der Waals surface area contributed by atoms with E-state index in [1.807, 2.05) is 41.8 Å². The number of rotatable bonds is 8. The lowest BCUT2D eigenvalue weighted by Gasteiger charge is -2.21. The highest BCUT2D eigenvalue weighted by Gasteiger charge is 2.22. The van der Waals surface area contributed by atoms with Gasteiger partial charge in [0, 0.05) is 27.7 Å². The number of fused-ring (bicyclic) bond motifs is 2. The average molecular weight is 561 g/mol. The number of halogens is 1. The van der Waals surface area contributed by atoms with Crippen molar-refractivity contribution in [2.24, 2.45) is 0 Å². The molecule has 1 aliphatic heterocycles. The van der Waals surface area contributed by atoms with Gasteiger partial charge >= 0.3 is 0 Å². The van der Waals surface area contributed by atoms with Crippen LogP contribution in [0.4, 0.5) is 5.69 Å². The zero-order valence-electron chi connectivity index (χ0n) is 20.4. The Morgan fingerprint density at radius 3 is 2.74 bits per heavy atom. The van der Waals surface area contributed by atoms with Gasteiger partial charge < -0.3 is 19.7 Å². The number of nitrogens with zero attached hydrogens (tertiary/aromatic N) is 5. The predicted molar refractivity (Wildman–Crippen MR) is 147 cm³/mol. The summed E-state index contributed by atoms with van der Waals surface area (Å²) in [6.45, 7) is 0.0269.